The van der Waals surface area contributed by atoms with Crippen LogP contribution in [-0.2, 0) is 56.5 Å². The van der Waals surface area contributed by atoms with Crippen molar-refractivity contribution in [2.45, 2.75) is 18.0 Å². The minimum absolute atomic E-state index is 0.212. The van der Waals surface area contributed by atoms with Crippen molar-refractivity contribution in [3.8, 4) is 0 Å². The third-order valence-corrected chi connectivity index (χ3v) is 8.44. The summed E-state index contributed by atoms with van der Waals surface area (Å²) in [4.78, 5) is 43.7. The Balaban J connectivity index is 2.02. The lowest BCUT2D eigenvalue weighted by atomic mass is 10.1. The molecule has 0 unspecified atom stereocenters. The summed E-state index contributed by atoms with van der Waals surface area (Å²) >= 11 is 6.37. The van der Waals surface area contributed by atoms with Gasteiger partial charge < -0.3 is 15.5 Å². The van der Waals surface area contributed by atoms with E-state index in [1.54, 1.807) is 5.32 Å². The van der Waals surface area contributed by atoms with Crippen LogP contribution in [0.3, 0.4) is 0 Å². The van der Waals surface area contributed by atoms with Crippen molar-refractivity contribution in [3.63, 3.8) is 0 Å². The van der Waals surface area contributed by atoms with Crippen molar-refractivity contribution >= 4 is 82.6 Å². The fourth-order valence-corrected chi connectivity index (χ4v) is 6.92. The van der Waals surface area contributed by atoms with Gasteiger partial charge in [0.15, 0.2) is 17.1 Å². The van der Waals surface area contributed by atoms with Crippen LogP contribution >= 0.6 is 22.9 Å². The molecule has 1 aromatic heterocycles. The van der Waals surface area contributed by atoms with E-state index in [4.69, 9.17) is 25.5 Å². The molecule has 0 saturated carbocycles. The van der Waals surface area contributed by atoms with Gasteiger partial charge in [0.25, 0.3) is 21.8 Å². The van der Waals surface area contributed by atoms with Crippen molar-refractivity contribution in [3.05, 3.63) is 11.1 Å². The maximum absolute atomic E-state index is 12.1. The van der Waals surface area contributed by atoms with Crippen LogP contribution in [0, 0.1) is 0 Å². The molecule has 34 heavy (non-hydrogen) atoms. The molecule has 0 aliphatic carbocycles. The largest absolute Gasteiger partial charge is 0.389 e. The summed E-state index contributed by atoms with van der Waals surface area (Å²) in [6, 6.07) is -2.19. The van der Waals surface area contributed by atoms with E-state index in [0.717, 1.165) is 11.3 Å². The number of hydrogen-bond donors (Lipinski definition) is 5. The third kappa shape index (κ3) is 7.26. The number of halogens is 1. The summed E-state index contributed by atoms with van der Waals surface area (Å²) in [5.41, 5.74) is 0.285. The molecule has 1 aliphatic heterocycles. The number of anilines is 1. The van der Waals surface area contributed by atoms with Gasteiger partial charge >= 0.3 is 20.6 Å². The topological polar surface area (TPSA) is 268 Å². The molecular weight excluding hydrogens is 572 g/mol. The number of carbonyl (C=O) groups is 3. The minimum Gasteiger partial charge on any atom is -0.389 e. The molecule has 1 saturated heterocycles. The van der Waals surface area contributed by atoms with Gasteiger partial charge in [0.2, 0.25) is 5.91 Å². The Morgan fingerprint density at radius 3 is 2.47 bits per heavy atom. The number of β-lactam (4-membered cyclic amide) rings is 1. The number of sulfonamides is 1. The van der Waals surface area contributed by atoms with Gasteiger partial charge in [-0.25, -0.2) is 13.4 Å². The van der Waals surface area contributed by atoms with Gasteiger partial charge in [0, 0.05) is 5.38 Å². The van der Waals surface area contributed by atoms with E-state index in [9.17, 15) is 39.6 Å². The summed E-state index contributed by atoms with van der Waals surface area (Å²) in [6.07, 6.45) is 0.422. The van der Waals surface area contributed by atoms with E-state index < -0.39 is 64.1 Å². The number of alkyl halides is 1. The van der Waals surface area contributed by atoms with E-state index in [-0.39, 0.29) is 23.3 Å². The van der Waals surface area contributed by atoms with Gasteiger partial charge in [-0.15, -0.1) is 22.9 Å². The summed E-state index contributed by atoms with van der Waals surface area (Å²) in [5, 5.41) is 6.38. The molecule has 190 valence electrons. The molecule has 2 rings (SSSR count). The van der Waals surface area contributed by atoms with Gasteiger partial charge in [0.05, 0.1) is 5.69 Å². The van der Waals surface area contributed by atoms with Crippen LogP contribution in [-0.4, -0.2) is 84.9 Å². The molecule has 23 heteroatoms. The maximum atomic E-state index is 12.1. The molecule has 18 nitrogen and oxygen atoms in total. The average Bonchev–Trinajstić information content (AvgIpc) is 3.11. The quantitative estimate of drug-likeness (QED) is 0.0571. The molecule has 0 bridgehead atoms. The highest BCUT2D eigenvalue weighted by Crippen LogP contribution is 2.27. The Morgan fingerprint density at radius 1 is 1.26 bits per heavy atom. The fraction of sp³-hybridized carbons (Fsp3) is 0.364. The number of nitrogens with one attached hydrogen (secondary N) is 3. The first-order valence-corrected chi connectivity index (χ1v) is 13.9. The van der Waals surface area contributed by atoms with Crippen LogP contribution in [0.25, 0.3) is 0 Å². The number of rotatable bonds is 11. The van der Waals surface area contributed by atoms with Crippen molar-refractivity contribution in [2.24, 2.45) is 5.16 Å². The van der Waals surface area contributed by atoms with E-state index in [1.807, 2.05) is 0 Å². The minimum atomic E-state index is -5.49. The molecule has 0 aromatic carbocycles. The van der Waals surface area contributed by atoms with Gasteiger partial charge in [-0.05, 0) is 0 Å². The summed E-state index contributed by atoms with van der Waals surface area (Å²) in [5.74, 6) is -3.70. The molecule has 1 aromatic rings. The van der Waals surface area contributed by atoms with Crippen molar-refractivity contribution in [1.29, 1.82) is 0 Å². The lowest BCUT2D eigenvalue weighted by molar-refractivity contribution is -0.141. The normalized spacial score (nSPS) is 19.0. The molecule has 1 fully saturated rings. The first kappa shape index (κ1) is 27.8. The molecule has 2 heterocycles. The molecule has 0 spiro atoms. The first-order chi connectivity index (χ1) is 15.5. The smallest absolute Gasteiger partial charge is 0.363 e. The molecule has 0 radical (unpaired) electrons. The van der Waals surface area contributed by atoms with Crippen LogP contribution in [0.2, 0.25) is 0 Å². The fourth-order valence-electron chi connectivity index (χ4n) is 2.28. The Labute approximate surface area is 200 Å². The van der Waals surface area contributed by atoms with E-state index in [0.29, 0.717) is 10.3 Å². The number of amides is 3. The van der Waals surface area contributed by atoms with Gasteiger partial charge in [-0.1, -0.05) is 9.28 Å². The zero-order chi connectivity index (χ0) is 25.9. The SMILES string of the molecule is O=C(C=NOCc1csc(NC(=O)CCl)n1)N[C@@H]1C(=O)N(S(=O)(=O)O)[C@@H]1S(=O)(=O)NS(=O)(=O)O. The number of aromatic nitrogens is 1. The number of oxime groups is 1. The summed E-state index contributed by atoms with van der Waals surface area (Å²) in [7, 11) is -16.3. The predicted octanol–water partition coefficient (Wildman–Crippen LogP) is -3.00. The van der Waals surface area contributed by atoms with Crippen LogP contribution in [0.4, 0.5) is 5.13 Å². The van der Waals surface area contributed by atoms with Crippen LogP contribution in [0.5, 0.6) is 0 Å². The van der Waals surface area contributed by atoms with Gasteiger partial charge in [-0.2, -0.15) is 21.1 Å². The van der Waals surface area contributed by atoms with Crippen LogP contribution in [0.15, 0.2) is 10.5 Å². The zero-order valence-corrected chi connectivity index (χ0v) is 20.1. The molecule has 1 aliphatic rings. The monoisotopic (exact) mass is 584 g/mol. The number of thiazole rings is 1. The van der Waals surface area contributed by atoms with Crippen LogP contribution in [0.1, 0.15) is 5.69 Å². The average molecular weight is 585 g/mol. The van der Waals surface area contributed by atoms with Crippen LogP contribution < -0.4 is 14.8 Å². The molecule has 3 amide bonds. The Morgan fingerprint density at radius 2 is 1.91 bits per heavy atom. The lowest BCUT2D eigenvalue weighted by Crippen LogP contribution is -2.75. The van der Waals surface area contributed by atoms with Crippen molar-refractivity contribution < 1.29 is 53.6 Å². The van der Waals surface area contributed by atoms with Crippen molar-refractivity contribution in [1.82, 2.24) is 18.7 Å². The Bertz CT molecular complexity index is 1320. The number of carbonyl (C=O) groups excluding carboxylic acids is 3. The van der Waals surface area contributed by atoms with E-state index in [1.165, 1.54) is 5.38 Å². The Kier molecular flexibility index (Phi) is 8.52. The predicted molar refractivity (Wildman–Crippen MR) is 112 cm³/mol. The first-order valence-electron chi connectivity index (χ1n) is 8.11. The van der Waals surface area contributed by atoms with Crippen molar-refractivity contribution in [2.75, 3.05) is 11.2 Å². The molecule has 2 atom stereocenters. The van der Waals surface area contributed by atoms with Gasteiger partial charge in [-0.3, -0.25) is 23.5 Å². The van der Waals surface area contributed by atoms with E-state index in [2.05, 4.69) is 15.5 Å². The van der Waals surface area contributed by atoms with E-state index >= 15 is 0 Å². The summed E-state index contributed by atoms with van der Waals surface area (Å²) in [6.45, 7) is -0.287. The highest BCUT2D eigenvalue weighted by Gasteiger charge is 2.61. The number of hydrogen-bond acceptors (Lipinski definition) is 13. The lowest BCUT2D eigenvalue weighted by Gasteiger charge is -2.42. The standard InChI is InChI=1S/C11H13ClN6O12S4/c12-1-6(19)16-11-14-5(4-31-11)3-30-13-2-7(20)15-8-9(21)18(34(27,28)29)10(8)32(22,23)17-33(24,25)26/h2,4,8,10,17H,1,3H2,(H,15,20)(H,14,16,19)(H,24,25,26)(H,27,28,29)/t8-,10-/m1/s1. The zero-order valence-electron chi connectivity index (χ0n) is 16.1. The van der Waals surface area contributed by atoms with Gasteiger partial charge in [0.1, 0.15) is 18.1 Å². The molecule has 5 N–H and O–H groups in total. The highest BCUT2D eigenvalue weighted by atomic mass is 35.5. The maximum Gasteiger partial charge on any atom is 0.363 e. The highest BCUT2D eigenvalue weighted by molar-refractivity contribution is 8.03. The number of nitrogens with zero attached hydrogens (tertiary/aromatic N) is 3. The second kappa shape index (κ2) is 10.4. The summed E-state index contributed by atoms with van der Waals surface area (Å²) < 4.78 is 86.0. The second-order valence-electron chi connectivity index (χ2n) is 5.93. The second-order valence-corrected chi connectivity index (χ2v) is 11.5. The Hall–Kier alpha value is -2.47. The molecular formula is C11H13ClN6O12S4. The third-order valence-electron chi connectivity index (χ3n) is 3.46.